The van der Waals surface area contributed by atoms with Gasteiger partial charge >= 0.3 is 0 Å². The van der Waals surface area contributed by atoms with Crippen LogP contribution in [-0.2, 0) is 22.6 Å². The molecule has 2 saturated heterocycles. The molecule has 5 nitrogen and oxygen atoms in total. The van der Waals surface area contributed by atoms with Crippen LogP contribution in [0.2, 0.25) is 0 Å². The number of piperazine rings is 1. The molecule has 2 aromatic rings. The Labute approximate surface area is 179 Å². The minimum atomic E-state index is 0.193. The van der Waals surface area contributed by atoms with Crippen molar-refractivity contribution < 1.29 is 9.59 Å². The summed E-state index contributed by atoms with van der Waals surface area (Å²) < 4.78 is 0. The summed E-state index contributed by atoms with van der Waals surface area (Å²) in [5.41, 5.74) is 3.27. The van der Waals surface area contributed by atoms with E-state index in [4.69, 9.17) is 0 Å². The van der Waals surface area contributed by atoms with Gasteiger partial charge in [0, 0.05) is 50.9 Å². The van der Waals surface area contributed by atoms with E-state index in [0.717, 1.165) is 56.8 Å². The molecule has 2 aromatic carbocycles. The van der Waals surface area contributed by atoms with E-state index in [1.54, 1.807) is 0 Å². The Hall–Kier alpha value is -2.66. The van der Waals surface area contributed by atoms with Gasteiger partial charge in [-0.15, -0.1) is 0 Å². The molecule has 0 aliphatic carbocycles. The SMILES string of the molecule is CC[C@@H]1CN(Cc2ccccc2)CCN1C(=O)Cc1ccc(N2CCCC2=O)cc1. The summed E-state index contributed by atoms with van der Waals surface area (Å²) in [5, 5.41) is 0. The van der Waals surface area contributed by atoms with Crippen LogP contribution in [0, 0.1) is 0 Å². The maximum Gasteiger partial charge on any atom is 0.227 e. The van der Waals surface area contributed by atoms with Gasteiger partial charge in [0.1, 0.15) is 0 Å². The molecule has 0 bridgehead atoms. The number of hydrogen-bond donors (Lipinski definition) is 0. The number of carbonyl (C=O) groups is 2. The third-order valence-electron chi connectivity index (χ3n) is 6.28. The standard InChI is InChI=1S/C25H31N3O2/c1-2-22-19-26(18-21-7-4-3-5-8-21)15-16-28(22)25(30)17-20-10-12-23(13-11-20)27-14-6-9-24(27)29/h3-5,7-8,10-13,22H,2,6,9,14-19H2,1H3/t22-/m1/s1. The van der Waals surface area contributed by atoms with Crippen LogP contribution < -0.4 is 4.90 Å². The van der Waals surface area contributed by atoms with Crippen molar-refractivity contribution in [2.24, 2.45) is 0 Å². The van der Waals surface area contributed by atoms with Crippen LogP contribution >= 0.6 is 0 Å². The monoisotopic (exact) mass is 405 g/mol. The second kappa shape index (κ2) is 9.43. The van der Waals surface area contributed by atoms with E-state index in [1.807, 2.05) is 35.2 Å². The van der Waals surface area contributed by atoms with E-state index in [9.17, 15) is 9.59 Å². The van der Waals surface area contributed by atoms with Gasteiger partial charge in [0.15, 0.2) is 0 Å². The normalized spacial score (nSPS) is 20.0. The van der Waals surface area contributed by atoms with Gasteiger partial charge in [-0.2, -0.15) is 0 Å². The van der Waals surface area contributed by atoms with Crippen LogP contribution in [0.4, 0.5) is 5.69 Å². The minimum Gasteiger partial charge on any atom is -0.337 e. The van der Waals surface area contributed by atoms with Gasteiger partial charge in [-0.1, -0.05) is 49.4 Å². The summed E-state index contributed by atoms with van der Waals surface area (Å²) in [6, 6.07) is 18.7. The summed E-state index contributed by atoms with van der Waals surface area (Å²) in [4.78, 5) is 31.3. The van der Waals surface area contributed by atoms with Crippen molar-refractivity contribution in [3.63, 3.8) is 0 Å². The highest BCUT2D eigenvalue weighted by Crippen LogP contribution is 2.22. The van der Waals surface area contributed by atoms with E-state index in [2.05, 4.69) is 41.0 Å². The number of rotatable bonds is 6. The van der Waals surface area contributed by atoms with E-state index in [0.29, 0.717) is 12.8 Å². The van der Waals surface area contributed by atoms with Crippen LogP contribution in [-0.4, -0.2) is 53.8 Å². The first kappa shape index (κ1) is 20.6. The predicted octanol–water partition coefficient (Wildman–Crippen LogP) is 3.48. The van der Waals surface area contributed by atoms with Gasteiger partial charge in [0.05, 0.1) is 6.42 Å². The molecule has 0 radical (unpaired) electrons. The lowest BCUT2D eigenvalue weighted by molar-refractivity contribution is -0.135. The fourth-order valence-electron chi connectivity index (χ4n) is 4.57. The summed E-state index contributed by atoms with van der Waals surface area (Å²) in [5.74, 6) is 0.393. The Kier molecular flexibility index (Phi) is 6.48. The lowest BCUT2D eigenvalue weighted by atomic mass is 10.1. The van der Waals surface area contributed by atoms with Crippen molar-refractivity contribution in [3.05, 3.63) is 65.7 Å². The topological polar surface area (TPSA) is 43.9 Å². The first-order valence-corrected chi connectivity index (χ1v) is 11.1. The average molecular weight is 406 g/mol. The zero-order valence-electron chi connectivity index (χ0n) is 17.8. The number of hydrogen-bond acceptors (Lipinski definition) is 3. The van der Waals surface area contributed by atoms with Gasteiger partial charge in [0.25, 0.3) is 0 Å². The third kappa shape index (κ3) is 4.73. The predicted molar refractivity (Wildman–Crippen MR) is 119 cm³/mol. The molecule has 0 spiro atoms. The first-order valence-electron chi connectivity index (χ1n) is 11.1. The number of carbonyl (C=O) groups excluding carboxylic acids is 2. The van der Waals surface area contributed by atoms with Crippen LogP contribution in [0.3, 0.4) is 0 Å². The van der Waals surface area contributed by atoms with Crippen molar-refractivity contribution in [3.8, 4) is 0 Å². The lowest BCUT2D eigenvalue weighted by Gasteiger charge is -2.41. The molecule has 2 aliphatic rings. The summed E-state index contributed by atoms with van der Waals surface area (Å²) in [6.45, 7) is 6.52. The second-order valence-corrected chi connectivity index (χ2v) is 8.36. The van der Waals surface area contributed by atoms with Crippen LogP contribution in [0.5, 0.6) is 0 Å². The number of anilines is 1. The largest absolute Gasteiger partial charge is 0.337 e. The highest BCUT2D eigenvalue weighted by Gasteiger charge is 2.29. The van der Waals surface area contributed by atoms with Gasteiger partial charge in [0.2, 0.25) is 11.8 Å². The fraction of sp³-hybridized carbons (Fsp3) is 0.440. The van der Waals surface area contributed by atoms with Crippen LogP contribution in [0.25, 0.3) is 0 Å². The average Bonchev–Trinajstić information content (AvgIpc) is 3.20. The van der Waals surface area contributed by atoms with Gasteiger partial charge in [-0.05, 0) is 36.1 Å². The zero-order chi connectivity index (χ0) is 20.9. The Morgan fingerprint density at radius 3 is 2.40 bits per heavy atom. The van der Waals surface area contributed by atoms with Gasteiger partial charge < -0.3 is 9.80 Å². The summed E-state index contributed by atoms with van der Waals surface area (Å²) >= 11 is 0. The molecule has 158 valence electrons. The van der Waals surface area contributed by atoms with Crippen molar-refractivity contribution in [2.75, 3.05) is 31.1 Å². The molecule has 0 N–H and O–H groups in total. The summed E-state index contributed by atoms with van der Waals surface area (Å²) in [6.07, 6.45) is 2.94. The molecule has 0 saturated carbocycles. The molecule has 30 heavy (non-hydrogen) atoms. The van der Waals surface area contributed by atoms with E-state index in [-0.39, 0.29) is 17.9 Å². The molecule has 0 aromatic heterocycles. The van der Waals surface area contributed by atoms with Crippen molar-refractivity contribution >= 4 is 17.5 Å². The van der Waals surface area contributed by atoms with Gasteiger partial charge in [-0.25, -0.2) is 0 Å². The quantitative estimate of drug-likeness (QED) is 0.739. The number of benzene rings is 2. The maximum atomic E-state index is 13.0. The van der Waals surface area contributed by atoms with Gasteiger partial charge in [-0.3, -0.25) is 14.5 Å². The van der Waals surface area contributed by atoms with Crippen molar-refractivity contribution in [1.29, 1.82) is 0 Å². The van der Waals surface area contributed by atoms with E-state index in [1.165, 1.54) is 5.56 Å². The Bertz CT molecular complexity index is 866. The second-order valence-electron chi connectivity index (χ2n) is 8.36. The Morgan fingerprint density at radius 1 is 0.967 bits per heavy atom. The molecule has 5 heteroatoms. The van der Waals surface area contributed by atoms with Crippen molar-refractivity contribution in [2.45, 2.75) is 45.2 Å². The Morgan fingerprint density at radius 2 is 1.73 bits per heavy atom. The molecule has 0 unspecified atom stereocenters. The number of amides is 2. The van der Waals surface area contributed by atoms with Crippen LogP contribution in [0.15, 0.2) is 54.6 Å². The molecular weight excluding hydrogens is 374 g/mol. The van der Waals surface area contributed by atoms with E-state index < -0.39 is 0 Å². The molecule has 2 amide bonds. The molecule has 2 heterocycles. The molecular formula is C25H31N3O2. The first-order chi connectivity index (χ1) is 14.6. The maximum absolute atomic E-state index is 13.0. The highest BCUT2D eigenvalue weighted by molar-refractivity contribution is 5.95. The zero-order valence-corrected chi connectivity index (χ0v) is 17.8. The van der Waals surface area contributed by atoms with Crippen molar-refractivity contribution in [1.82, 2.24) is 9.80 Å². The number of nitrogens with zero attached hydrogens (tertiary/aromatic N) is 3. The molecule has 1 atom stereocenters. The van der Waals surface area contributed by atoms with E-state index >= 15 is 0 Å². The molecule has 4 rings (SSSR count). The highest BCUT2D eigenvalue weighted by atomic mass is 16.2. The third-order valence-corrected chi connectivity index (χ3v) is 6.28. The summed E-state index contributed by atoms with van der Waals surface area (Å²) in [7, 11) is 0. The fourth-order valence-corrected chi connectivity index (χ4v) is 4.57. The smallest absolute Gasteiger partial charge is 0.227 e. The molecule has 2 fully saturated rings. The Balaban J connectivity index is 1.34. The minimum absolute atomic E-state index is 0.193. The molecule has 2 aliphatic heterocycles. The lowest BCUT2D eigenvalue weighted by Crippen LogP contribution is -2.55. The van der Waals surface area contributed by atoms with Crippen LogP contribution in [0.1, 0.15) is 37.3 Å².